The zero-order chi connectivity index (χ0) is 14.8. The van der Waals surface area contributed by atoms with Crippen molar-refractivity contribution in [3.8, 4) is 10.6 Å². The largest absolute Gasteiger partial charge is 0.312 e. The van der Waals surface area contributed by atoms with Gasteiger partial charge < -0.3 is 5.32 Å². The average Bonchev–Trinajstić information content (AvgIpc) is 2.74. The predicted molar refractivity (Wildman–Crippen MR) is 86.8 cm³/mol. The first-order valence-electron chi connectivity index (χ1n) is 6.37. The standard InChI is InChI=1S/C14H17Cl2N3S/c1-14(2,3)17-5-4-12-18-19-13(20-12)9-6-10(15)8-11(16)7-9/h6-8,17H,4-5H2,1-3H3. The van der Waals surface area contributed by atoms with Gasteiger partial charge in [0.1, 0.15) is 10.0 Å². The Morgan fingerprint density at radius 3 is 2.35 bits per heavy atom. The van der Waals surface area contributed by atoms with Crippen molar-refractivity contribution in [2.24, 2.45) is 0 Å². The first-order chi connectivity index (χ1) is 9.33. The molecule has 1 aromatic carbocycles. The van der Waals surface area contributed by atoms with Crippen LogP contribution in [0.5, 0.6) is 0 Å². The van der Waals surface area contributed by atoms with Crippen LogP contribution in [-0.2, 0) is 6.42 Å². The highest BCUT2D eigenvalue weighted by atomic mass is 35.5. The second-order valence-corrected chi connectivity index (χ2v) is 7.52. The molecule has 20 heavy (non-hydrogen) atoms. The molecule has 0 bridgehead atoms. The Kier molecular flexibility index (Phi) is 5.02. The average molecular weight is 330 g/mol. The number of benzene rings is 1. The lowest BCUT2D eigenvalue weighted by atomic mass is 10.1. The van der Waals surface area contributed by atoms with Gasteiger partial charge >= 0.3 is 0 Å². The number of hydrogen-bond acceptors (Lipinski definition) is 4. The maximum Gasteiger partial charge on any atom is 0.147 e. The second-order valence-electron chi connectivity index (χ2n) is 5.59. The maximum atomic E-state index is 6.00. The molecule has 2 rings (SSSR count). The van der Waals surface area contributed by atoms with E-state index >= 15 is 0 Å². The lowest BCUT2D eigenvalue weighted by Gasteiger charge is -2.19. The number of halogens is 2. The molecule has 0 saturated carbocycles. The Morgan fingerprint density at radius 2 is 1.75 bits per heavy atom. The minimum atomic E-state index is 0.119. The van der Waals surface area contributed by atoms with Gasteiger partial charge in [0, 0.05) is 34.1 Å². The van der Waals surface area contributed by atoms with Crippen molar-refractivity contribution in [2.75, 3.05) is 6.54 Å². The molecule has 0 aliphatic carbocycles. The summed E-state index contributed by atoms with van der Waals surface area (Å²) in [5.74, 6) is 0. The molecular weight excluding hydrogens is 313 g/mol. The van der Waals surface area contributed by atoms with E-state index in [1.165, 1.54) is 0 Å². The monoisotopic (exact) mass is 329 g/mol. The van der Waals surface area contributed by atoms with Crippen LogP contribution in [0.3, 0.4) is 0 Å². The lowest BCUT2D eigenvalue weighted by Crippen LogP contribution is -2.37. The SMILES string of the molecule is CC(C)(C)NCCc1nnc(-c2cc(Cl)cc(Cl)c2)s1. The number of hydrogen-bond donors (Lipinski definition) is 1. The van der Waals surface area contributed by atoms with E-state index in [-0.39, 0.29) is 5.54 Å². The maximum absolute atomic E-state index is 6.00. The van der Waals surface area contributed by atoms with Crippen LogP contribution in [0.25, 0.3) is 10.6 Å². The van der Waals surface area contributed by atoms with Crippen LogP contribution in [0.1, 0.15) is 25.8 Å². The highest BCUT2D eigenvalue weighted by Crippen LogP contribution is 2.29. The number of aromatic nitrogens is 2. The Hall–Kier alpha value is -0.680. The Labute approximate surface area is 133 Å². The van der Waals surface area contributed by atoms with Crippen molar-refractivity contribution in [3.05, 3.63) is 33.3 Å². The third-order valence-corrected chi connectivity index (χ3v) is 4.04. The summed E-state index contributed by atoms with van der Waals surface area (Å²) in [6, 6.07) is 5.41. The molecule has 0 fully saturated rings. The topological polar surface area (TPSA) is 37.8 Å². The van der Waals surface area contributed by atoms with Gasteiger partial charge in [0.25, 0.3) is 0 Å². The third-order valence-electron chi connectivity index (χ3n) is 2.57. The van der Waals surface area contributed by atoms with E-state index < -0.39 is 0 Å². The molecule has 0 saturated heterocycles. The zero-order valence-electron chi connectivity index (χ0n) is 11.7. The molecule has 0 amide bonds. The fourth-order valence-electron chi connectivity index (χ4n) is 1.69. The van der Waals surface area contributed by atoms with Crippen LogP contribution in [-0.4, -0.2) is 22.3 Å². The number of nitrogens with one attached hydrogen (secondary N) is 1. The zero-order valence-corrected chi connectivity index (χ0v) is 14.0. The van der Waals surface area contributed by atoms with Gasteiger partial charge in [0.05, 0.1) is 0 Å². The minimum Gasteiger partial charge on any atom is -0.312 e. The van der Waals surface area contributed by atoms with Gasteiger partial charge in [0.2, 0.25) is 0 Å². The van der Waals surface area contributed by atoms with Crippen molar-refractivity contribution in [3.63, 3.8) is 0 Å². The molecule has 0 aliphatic rings. The predicted octanol–water partition coefficient (Wildman–Crippen LogP) is 4.44. The van der Waals surface area contributed by atoms with Crippen LogP contribution in [0.2, 0.25) is 10.0 Å². The van der Waals surface area contributed by atoms with Gasteiger partial charge in [-0.15, -0.1) is 10.2 Å². The summed E-state index contributed by atoms with van der Waals surface area (Å²) in [5, 5.41) is 14.9. The van der Waals surface area contributed by atoms with Gasteiger partial charge in [-0.05, 0) is 39.0 Å². The molecule has 6 heteroatoms. The van der Waals surface area contributed by atoms with Gasteiger partial charge in [0.15, 0.2) is 0 Å². The minimum absolute atomic E-state index is 0.119. The van der Waals surface area contributed by atoms with Gasteiger partial charge in [-0.2, -0.15) is 0 Å². The van der Waals surface area contributed by atoms with Crippen LogP contribution < -0.4 is 5.32 Å². The summed E-state index contributed by atoms with van der Waals surface area (Å²) in [6.07, 6.45) is 0.864. The fraction of sp³-hybridized carbons (Fsp3) is 0.429. The summed E-state index contributed by atoms with van der Waals surface area (Å²) in [4.78, 5) is 0. The lowest BCUT2D eigenvalue weighted by molar-refractivity contribution is 0.429. The van der Waals surface area contributed by atoms with Crippen molar-refractivity contribution < 1.29 is 0 Å². The van der Waals surface area contributed by atoms with Crippen LogP contribution in [0, 0.1) is 0 Å². The van der Waals surface area contributed by atoms with Crippen molar-refractivity contribution in [2.45, 2.75) is 32.7 Å². The molecule has 0 aliphatic heterocycles. The van der Waals surface area contributed by atoms with Crippen molar-refractivity contribution >= 4 is 34.5 Å². The summed E-state index contributed by atoms with van der Waals surface area (Å²) in [6.45, 7) is 7.32. The summed E-state index contributed by atoms with van der Waals surface area (Å²) in [7, 11) is 0. The third kappa shape index (κ3) is 4.70. The van der Waals surface area contributed by atoms with Crippen LogP contribution in [0.4, 0.5) is 0 Å². The molecule has 0 unspecified atom stereocenters. The Bertz CT molecular complexity index is 570. The molecule has 1 N–H and O–H groups in total. The van der Waals surface area contributed by atoms with E-state index in [4.69, 9.17) is 23.2 Å². The van der Waals surface area contributed by atoms with E-state index in [1.54, 1.807) is 17.4 Å². The van der Waals surface area contributed by atoms with Crippen molar-refractivity contribution in [1.82, 2.24) is 15.5 Å². The summed E-state index contributed by atoms with van der Waals surface area (Å²) < 4.78 is 0. The number of nitrogens with zero attached hydrogens (tertiary/aromatic N) is 2. The summed E-state index contributed by atoms with van der Waals surface area (Å²) in [5.41, 5.74) is 1.03. The fourth-order valence-corrected chi connectivity index (χ4v) is 3.05. The molecule has 1 aromatic heterocycles. The van der Waals surface area contributed by atoms with E-state index in [2.05, 4.69) is 36.3 Å². The molecule has 3 nitrogen and oxygen atoms in total. The first kappa shape index (κ1) is 15.7. The number of rotatable bonds is 4. The molecule has 0 radical (unpaired) electrons. The van der Waals surface area contributed by atoms with E-state index in [0.717, 1.165) is 28.5 Å². The smallest absolute Gasteiger partial charge is 0.147 e. The molecule has 0 spiro atoms. The van der Waals surface area contributed by atoms with Crippen molar-refractivity contribution in [1.29, 1.82) is 0 Å². The quantitative estimate of drug-likeness (QED) is 0.900. The normalized spacial score (nSPS) is 11.8. The second kappa shape index (κ2) is 6.39. The van der Waals surface area contributed by atoms with Gasteiger partial charge in [-0.25, -0.2) is 0 Å². The Morgan fingerprint density at radius 1 is 1.10 bits per heavy atom. The highest BCUT2D eigenvalue weighted by molar-refractivity contribution is 7.14. The molecule has 2 aromatic rings. The van der Waals surface area contributed by atoms with Gasteiger partial charge in [-0.1, -0.05) is 34.5 Å². The Balaban J connectivity index is 2.05. The molecule has 108 valence electrons. The van der Waals surface area contributed by atoms with E-state index in [1.807, 2.05) is 12.1 Å². The van der Waals surface area contributed by atoms with E-state index in [0.29, 0.717) is 10.0 Å². The molecule has 0 atom stereocenters. The molecular formula is C14H17Cl2N3S. The first-order valence-corrected chi connectivity index (χ1v) is 7.95. The van der Waals surface area contributed by atoms with Crippen LogP contribution in [0.15, 0.2) is 18.2 Å². The van der Waals surface area contributed by atoms with Crippen LogP contribution >= 0.6 is 34.5 Å². The van der Waals surface area contributed by atoms with E-state index in [9.17, 15) is 0 Å². The highest BCUT2D eigenvalue weighted by Gasteiger charge is 2.11. The molecule has 1 heterocycles. The van der Waals surface area contributed by atoms with Gasteiger partial charge in [-0.3, -0.25) is 0 Å². The summed E-state index contributed by atoms with van der Waals surface area (Å²) >= 11 is 13.6.